The first-order valence-corrected chi connectivity index (χ1v) is 11.8. The number of aliphatic hydroxyl groups is 1. The fourth-order valence-electron chi connectivity index (χ4n) is 2.96. The molecule has 3 atom stereocenters. The number of nitrogens with zero attached hydrogens (tertiary/aromatic N) is 4. The summed E-state index contributed by atoms with van der Waals surface area (Å²) in [4.78, 5) is 12.6. The van der Waals surface area contributed by atoms with E-state index in [4.69, 9.17) is 14.9 Å². The Kier molecular flexibility index (Phi) is 4.63. The number of imidazole rings is 1. The molecule has 1 aliphatic rings. The van der Waals surface area contributed by atoms with E-state index in [9.17, 15) is 5.11 Å². The van der Waals surface area contributed by atoms with Crippen LogP contribution in [0.1, 0.15) is 40.3 Å². The molecule has 1 fully saturated rings. The molecular weight excluding hydrogens is 350 g/mol. The number of aliphatic hydroxyl groups excluding tert-OH is 1. The molecule has 9 heteroatoms. The zero-order valence-electron chi connectivity index (χ0n) is 16.4. The highest BCUT2D eigenvalue weighted by molar-refractivity contribution is 6.74. The maximum absolute atomic E-state index is 10.0. The van der Waals surface area contributed by atoms with Crippen molar-refractivity contribution in [1.29, 1.82) is 0 Å². The summed E-state index contributed by atoms with van der Waals surface area (Å²) in [6.45, 7) is 12.8. The van der Waals surface area contributed by atoms with Gasteiger partial charge in [-0.2, -0.15) is 0 Å². The second kappa shape index (κ2) is 6.26. The number of hydrogen-bond acceptors (Lipinski definition) is 7. The second-order valence-corrected chi connectivity index (χ2v) is 13.5. The first-order chi connectivity index (χ1) is 12.0. The molecule has 1 saturated heterocycles. The molecule has 1 aliphatic heterocycles. The van der Waals surface area contributed by atoms with Crippen LogP contribution < -0.4 is 5.73 Å². The summed E-state index contributed by atoms with van der Waals surface area (Å²) in [6.07, 6.45) is 3.14. The zero-order chi connectivity index (χ0) is 19.3. The molecule has 2 aromatic heterocycles. The van der Waals surface area contributed by atoms with Gasteiger partial charge in [0.1, 0.15) is 23.7 Å². The van der Waals surface area contributed by atoms with E-state index >= 15 is 0 Å². The van der Waals surface area contributed by atoms with E-state index in [1.54, 1.807) is 6.33 Å². The molecule has 0 aromatic carbocycles. The molecule has 0 radical (unpaired) electrons. The molecule has 2 aromatic rings. The third-order valence-electron chi connectivity index (χ3n) is 5.76. The van der Waals surface area contributed by atoms with Gasteiger partial charge in [-0.15, -0.1) is 0 Å². The number of nitrogens with two attached hydrogens (primary N) is 1. The first-order valence-electron chi connectivity index (χ1n) is 8.88. The Morgan fingerprint density at radius 3 is 2.69 bits per heavy atom. The number of anilines is 1. The van der Waals surface area contributed by atoms with Crippen molar-refractivity contribution in [2.45, 2.75) is 70.2 Å². The fraction of sp³-hybridized carbons (Fsp3) is 0.706. The lowest BCUT2D eigenvalue weighted by molar-refractivity contribution is -0.112. The Morgan fingerprint density at radius 1 is 1.38 bits per heavy atom. The Balaban J connectivity index is 1.91. The normalized spacial score (nSPS) is 27.3. The first kappa shape index (κ1) is 19.2. The van der Waals surface area contributed by atoms with Gasteiger partial charge in [0.05, 0.1) is 19.0 Å². The van der Waals surface area contributed by atoms with E-state index in [0.717, 1.165) is 0 Å². The molecule has 0 amide bonds. The van der Waals surface area contributed by atoms with Crippen LogP contribution in [0.15, 0.2) is 12.7 Å². The SMILES string of the molecule is CC(C)(C)[Si](C)(C)OC1C[C@H](n2cnc3c(N)ncnc32)O[C@]1(C)CO. The van der Waals surface area contributed by atoms with Crippen LogP contribution in [0.5, 0.6) is 0 Å². The lowest BCUT2D eigenvalue weighted by Gasteiger charge is -2.41. The summed E-state index contributed by atoms with van der Waals surface area (Å²) in [6, 6.07) is 0. The van der Waals surface area contributed by atoms with Crippen molar-refractivity contribution >= 4 is 25.3 Å². The van der Waals surface area contributed by atoms with Crippen molar-refractivity contribution in [2.75, 3.05) is 12.3 Å². The van der Waals surface area contributed by atoms with Gasteiger partial charge < -0.3 is 20.0 Å². The average Bonchev–Trinajstić information content (AvgIpc) is 3.09. The lowest BCUT2D eigenvalue weighted by atomic mass is 10.0. The smallest absolute Gasteiger partial charge is 0.192 e. The highest BCUT2D eigenvalue weighted by atomic mass is 28.4. The minimum atomic E-state index is -2.01. The van der Waals surface area contributed by atoms with Crippen LogP contribution in [-0.2, 0) is 9.16 Å². The fourth-order valence-corrected chi connectivity index (χ4v) is 4.37. The summed E-state index contributed by atoms with van der Waals surface area (Å²) in [5.41, 5.74) is 6.27. The average molecular weight is 380 g/mol. The van der Waals surface area contributed by atoms with Gasteiger partial charge in [-0.3, -0.25) is 4.57 Å². The topological polar surface area (TPSA) is 108 Å². The Bertz CT molecular complexity index is 803. The van der Waals surface area contributed by atoms with E-state index in [2.05, 4.69) is 48.8 Å². The number of hydrogen-bond donors (Lipinski definition) is 2. The van der Waals surface area contributed by atoms with Gasteiger partial charge in [0.15, 0.2) is 19.8 Å². The molecule has 0 saturated carbocycles. The summed E-state index contributed by atoms with van der Waals surface area (Å²) in [5.74, 6) is 0.339. The minimum absolute atomic E-state index is 0.0742. The predicted molar refractivity (Wildman–Crippen MR) is 102 cm³/mol. The van der Waals surface area contributed by atoms with Crippen molar-refractivity contribution in [3.8, 4) is 0 Å². The van der Waals surface area contributed by atoms with Crippen molar-refractivity contribution in [3.63, 3.8) is 0 Å². The monoisotopic (exact) mass is 379 g/mol. The van der Waals surface area contributed by atoms with Gasteiger partial charge in [0.25, 0.3) is 0 Å². The molecular formula is C17H29N5O3Si. The highest BCUT2D eigenvalue weighted by Crippen LogP contribution is 2.44. The highest BCUT2D eigenvalue weighted by Gasteiger charge is 2.51. The van der Waals surface area contributed by atoms with E-state index in [1.165, 1.54) is 6.33 Å². The van der Waals surface area contributed by atoms with Crippen molar-refractivity contribution in [2.24, 2.45) is 0 Å². The molecule has 3 N–H and O–H groups in total. The van der Waals surface area contributed by atoms with Crippen molar-refractivity contribution in [1.82, 2.24) is 19.5 Å². The lowest BCUT2D eigenvalue weighted by Crippen LogP contribution is -2.50. The summed E-state index contributed by atoms with van der Waals surface area (Å²) >= 11 is 0. The zero-order valence-corrected chi connectivity index (χ0v) is 17.4. The molecule has 0 bridgehead atoms. The molecule has 3 rings (SSSR count). The van der Waals surface area contributed by atoms with Crippen molar-refractivity contribution in [3.05, 3.63) is 12.7 Å². The van der Waals surface area contributed by atoms with Gasteiger partial charge in [-0.05, 0) is 25.1 Å². The van der Waals surface area contributed by atoms with Crippen LogP contribution in [0, 0.1) is 0 Å². The number of ether oxygens (including phenoxy) is 1. The molecule has 0 spiro atoms. The third kappa shape index (κ3) is 3.13. The summed E-state index contributed by atoms with van der Waals surface area (Å²) in [7, 11) is -2.01. The molecule has 1 unspecified atom stereocenters. The predicted octanol–water partition coefficient (Wildman–Crippen LogP) is 2.47. The van der Waals surface area contributed by atoms with E-state index < -0.39 is 13.9 Å². The minimum Gasteiger partial charge on any atom is -0.411 e. The molecule has 0 aliphatic carbocycles. The van der Waals surface area contributed by atoms with Crippen LogP contribution in [0.3, 0.4) is 0 Å². The largest absolute Gasteiger partial charge is 0.411 e. The molecule has 26 heavy (non-hydrogen) atoms. The Morgan fingerprint density at radius 2 is 2.08 bits per heavy atom. The van der Waals surface area contributed by atoms with Crippen molar-refractivity contribution < 1.29 is 14.3 Å². The number of aromatic nitrogens is 4. The Labute approximate surface area is 154 Å². The van der Waals surface area contributed by atoms with Gasteiger partial charge in [-0.25, -0.2) is 15.0 Å². The van der Waals surface area contributed by atoms with E-state index in [0.29, 0.717) is 23.4 Å². The maximum atomic E-state index is 10.0. The third-order valence-corrected chi connectivity index (χ3v) is 10.2. The Hall–Kier alpha value is -1.55. The van der Waals surface area contributed by atoms with Crippen LogP contribution in [-0.4, -0.2) is 51.3 Å². The van der Waals surface area contributed by atoms with Gasteiger partial charge in [0.2, 0.25) is 0 Å². The summed E-state index contributed by atoms with van der Waals surface area (Å²) in [5, 5.41) is 10.1. The van der Waals surface area contributed by atoms with Crippen LogP contribution >= 0.6 is 0 Å². The van der Waals surface area contributed by atoms with Crippen LogP contribution in [0.2, 0.25) is 18.1 Å². The number of nitrogen functional groups attached to an aromatic ring is 1. The van der Waals surface area contributed by atoms with Gasteiger partial charge in [-0.1, -0.05) is 20.8 Å². The number of fused-ring (bicyclic) bond motifs is 1. The van der Waals surface area contributed by atoms with Crippen LogP contribution in [0.4, 0.5) is 5.82 Å². The van der Waals surface area contributed by atoms with E-state index in [1.807, 2.05) is 11.5 Å². The molecule has 8 nitrogen and oxygen atoms in total. The maximum Gasteiger partial charge on any atom is 0.192 e. The van der Waals surface area contributed by atoms with E-state index in [-0.39, 0.29) is 24.0 Å². The number of rotatable bonds is 4. The second-order valence-electron chi connectivity index (χ2n) is 8.73. The quantitative estimate of drug-likeness (QED) is 0.786. The van der Waals surface area contributed by atoms with Gasteiger partial charge >= 0.3 is 0 Å². The standard InChI is InChI=1S/C17H29N5O3Si/c1-16(2,3)26(5,6)25-11-7-12(24-17(11,4)8-23)22-10-21-13-14(18)19-9-20-15(13)22/h9-12,23H,7-8H2,1-6H3,(H2,18,19,20)/t11?,12-,17-/m1/s1. The van der Waals surface area contributed by atoms with Gasteiger partial charge in [0, 0.05) is 6.42 Å². The molecule has 144 valence electrons. The summed E-state index contributed by atoms with van der Waals surface area (Å²) < 4.78 is 14.7. The molecule has 3 heterocycles. The van der Waals surface area contributed by atoms with Crippen LogP contribution in [0.25, 0.3) is 11.2 Å².